The van der Waals surface area contributed by atoms with E-state index in [0.717, 1.165) is 36.6 Å². The lowest BCUT2D eigenvalue weighted by Crippen LogP contribution is -2.50. The monoisotopic (exact) mass is 393 g/mol. The third-order valence-electron chi connectivity index (χ3n) is 4.75. The number of benzene rings is 1. The number of nitrogens with zero attached hydrogens (tertiary/aromatic N) is 3. The van der Waals surface area contributed by atoms with Gasteiger partial charge in [0.15, 0.2) is 0 Å². The van der Waals surface area contributed by atoms with Gasteiger partial charge in [-0.1, -0.05) is 24.3 Å². The number of hydrogen-bond donors (Lipinski definition) is 2. The molecule has 1 aliphatic rings. The van der Waals surface area contributed by atoms with Gasteiger partial charge in [0.25, 0.3) is 0 Å². The first-order valence-electron chi connectivity index (χ1n) is 8.93. The molecular weight excluding hydrogens is 366 g/mol. The Morgan fingerprint density at radius 1 is 1.37 bits per heavy atom. The van der Waals surface area contributed by atoms with Crippen molar-refractivity contribution < 1.29 is 9.53 Å². The summed E-state index contributed by atoms with van der Waals surface area (Å²) in [4.78, 5) is 19.2. The van der Waals surface area contributed by atoms with E-state index in [1.165, 1.54) is 0 Å². The van der Waals surface area contributed by atoms with E-state index in [1.54, 1.807) is 13.3 Å². The molecule has 7 nitrogen and oxygen atoms in total. The van der Waals surface area contributed by atoms with Crippen molar-refractivity contribution in [2.24, 2.45) is 7.05 Å². The van der Waals surface area contributed by atoms with Gasteiger partial charge in [-0.2, -0.15) is 0 Å². The highest BCUT2D eigenvalue weighted by molar-refractivity contribution is 5.85. The maximum absolute atomic E-state index is 12.5. The first-order chi connectivity index (χ1) is 12.7. The molecule has 2 N–H and O–H groups in total. The van der Waals surface area contributed by atoms with Crippen LogP contribution in [0.1, 0.15) is 23.0 Å². The van der Waals surface area contributed by atoms with Crippen LogP contribution in [0, 0.1) is 0 Å². The Bertz CT molecular complexity index is 736. The van der Waals surface area contributed by atoms with Crippen molar-refractivity contribution in [2.75, 3.05) is 33.3 Å². The fraction of sp³-hybridized carbons (Fsp3) is 0.474. The van der Waals surface area contributed by atoms with Gasteiger partial charge in [0, 0.05) is 52.7 Å². The predicted octanol–water partition coefficient (Wildman–Crippen LogP) is 1.25. The zero-order valence-electron chi connectivity index (χ0n) is 15.9. The van der Waals surface area contributed by atoms with Crippen molar-refractivity contribution in [1.29, 1.82) is 0 Å². The fourth-order valence-electron chi connectivity index (χ4n) is 3.35. The van der Waals surface area contributed by atoms with Crippen molar-refractivity contribution in [2.45, 2.75) is 19.2 Å². The van der Waals surface area contributed by atoms with Crippen LogP contribution in [0.4, 0.5) is 0 Å². The maximum Gasteiger partial charge on any atom is 0.234 e. The van der Waals surface area contributed by atoms with Crippen LogP contribution >= 0.6 is 12.4 Å². The summed E-state index contributed by atoms with van der Waals surface area (Å²) in [5.74, 6) is 1.01. The standard InChI is InChI=1S/C19H27N5O2.ClH/c1-23-9-8-21-19(23)17-12-20-7-10-24(17)13-18(25)22-11-15-5-3-4-6-16(15)14-26-2;/h3-6,8-9,17,20H,7,10-14H2,1-2H3,(H,22,25);1H. The van der Waals surface area contributed by atoms with E-state index in [-0.39, 0.29) is 24.4 Å². The molecule has 1 aliphatic heterocycles. The van der Waals surface area contributed by atoms with Crippen molar-refractivity contribution in [3.63, 3.8) is 0 Å². The van der Waals surface area contributed by atoms with Crippen LogP contribution in [-0.4, -0.2) is 53.6 Å². The van der Waals surface area contributed by atoms with Gasteiger partial charge < -0.3 is 19.9 Å². The van der Waals surface area contributed by atoms with Crippen molar-refractivity contribution in [1.82, 2.24) is 25.1 Å². The van der Waals surface area contributed by atoms with Crippen LogP contribution in [0.5, 0.6) is 0 Å². The first kappa shape index (κ1) is 21.4. The van der Waals surface area contributed by atoms with Crippen LogP contribution in [0.25, 0.3) is 0 Å². The fourth-order valence-corrected chi connectivity index (χ4v) is 3.35. The highest BCUT2D eigenvalue weighted by Gasteiger charge is 2.28. The number of carbonyl (C=O) groups excluding carboxylic acids is 1. The minimum absolute atomic E-state index is 0. The molecule has 0 aliphatic carbocycles. The lowest BCUT2D eigenvalue weighted by atomic mass is 10.1. The molecule has 1 unspecified atom stereocenters. The second-order valence-electron chi connectivity index (χ2n) is 6.57. The summed E-state index contributed by atoms with van der Waals surface area (Å²) < 4.78 is 7.24. The number of rotatable bonds is 7. The Kier molecular flexibility index (Phi) is 8.24. The summed E-state index contributed by atoms with van der Waals surface area (Å²) in [6.07, 6.45) is 3.74. The van der Waals surface area contributed by atoms with Crippen molar-refractivity contribution in [3.8, 4) is 0 Å². The number of nitrogens with one attached hydrogen (secondary N) is 2. The minimum Gasteiger partial charge on any atom is -0.380 e. The molecule has 2 aromatic rings. The molecular formula is C19H28ClN5O2. The van der Waals surface area contributed by atoms with Crippen LogP contribution in [0.3, 0.4) is 0 Å². The molecule has 27 heavy (non-hydrogen) atoms. The largest absolute Gasteiger partial charge is 0.380 e. The molecule has 1 saturated heterocycles. The van der Waals surface area contributed by atoms with Gasteiger partial charge in [0.1, 0.15) is 5.82 Å². The molecule has 0 spiro atoms. The van der Waals surface area contributed by atoms with Crippen LogP contribution in [-0.2, 0) is 29.7 Å². The van der Waals surface area contributed by atoms with Crippen molar-refractivity contribution >= 4 is 18.3 Å². The molecule has 0 bridgehead atoms. The lowest BCUT2D eigenvalue weighted by molar-refractivity contribution is -0.123. The molecule has 3 rings (SSSR count). The number of aryl methyl sites for hydroxylation is 1. The molecule has 0 saturated carbocycles. The maximum atomic E-state index is 12.5. The summed E-state index contributed by atoms with van der Waals surface area (Å²) in [7, 11) is 3.67. The number of halogens is 1. The van der Waals surface area contributed by atoms with Crippen LogP contribution in [0.2, 0.25) is 0 Å². The molecule has 0 radical (unpaired) electrons. The number of piperazine rings is 1. The topological polar surface area (TPSA) is 71.4 Å². The molecule has 2 heterocycles. The van der Waals surface area contributed by atoms with Crippen LogP contribution in [0.15, 0.2) is 36.7 Å². The van der Waals surface area contributed by atoms with E-state index in [2.05, 4.69) is 20.5 Å². The molecule has 1 aromatic carbocycles. The van der Waals surface area contributed by atoms with Gasteiger partial charge >= 0.3 is 0 Å². The van der Waals surface area contributed by atoms with E-state index in [0.29, 0.717) is 19.7 Å². The Hall–Kier alpha value is -1.93. The molecule has 1 fully saturated rings. The number of carbonyl (C=O) groups is 1. The lowest BCUT2D eigenvalue weighted by Gasteiger charge is -2.35. The number of amides is 1. The molecule has 148 valence electrons. The Morgan fingerprint density at radius 3 is 2.85 bits per heavy atom. The van der Waals surface area contributed by atoms with Gasteiger partial charge in [-0.15, -0.1) is 12.4 Å². The van der Waals surface area contributed by atoms with Gasteiger partial charge in [-0.25, -0.2) is 4.98 Å². The summed E-state index contributed by atoms with van der Waals surface area (Å²) >= 11 is 0. The second kappa shape index (κ2) is 10.4. The summed E-state index contributed by atoms with van der Waals surface area (Å²) in [5.41, 5.74) is 2.19. The number of ether oxygens (including phenoxy) is 1. The molecule has 8 heteroatoms. The van der Waals surface area contributed by atoms with E-state index in [4.69, 9.17) is 4.74 Å². The van der Waals surface area contributed by atoms with E-state index < -0.39 is 0 Å². The Morgan fingerprint density at radius 2 is 2.15 bits per heavy atom. The molecule has 1 atom stereocenters. The number of aromatic nitrogens is 2. The third-order valence-corrected chi connectivity index (χ3v) is 4.75. The quantitative estimate of drug-likeness (QED) is 0.740. The summed E-state index contributed by atoms with van der Waals surface area (Å²) in [6, 6.07) is 8.12. The van der Waals surface area contributed by atoms with Crippen LogP contribution < -0.4 is 10.6 Å². The van der Waals surface area contributed by atoms with Gasteiger partial charge in [-0.3, -0.25) is 9.69 Å². The SMILES string of the molecule is COCc1ccccc1CNC(=O)CN1CCNCC1c1nccn1C.Cl. The number of hydrogen-bond acceptors (Lipinski definition) is 5. The minimum atomic E-state index is 0. The average molecular weight is 394 g/mol. The third kappa shape index (κ3) is 5.52. The first-order valence-corrected chi connectivity index (χ1v) is 8.93. The average Bonchev–Trinajstić information content (AvgIpc) is 3.07. The van der Waals surface area contributed by atoms with E-state index in [1.807, 2.05) is 42.1 Å². The zero-order chi connectivity index (χ0) is 18.4. The van der Waals surface area contributed by atoms with Gasteiger partial charge in [0.05, 0.1) is 19.2 Å². The van der Waals surface area contributed by atoms with E-state index >= 15 is 0 Å². The molecule has 1 aromatic heterocycles. The molecule has 1 amide bonds. The summed E-state index contributed by atoms with van der Waals surface area (Å²) in [5, 5.41) is 6.43. The zero-order valence-corrected chi connectivity index (χ0v) is 16.7. The summed E-state index contributed by atoms with van der Waals surface area (Å²) in [6.45, 7) is 3.93. The highest BCUT2D eigenvalue weighted by atomic mass is 35.5. The normalized spacial score (nSPS) is 17.3. The Balaban J connectivity index is 0.00000261. The number of methoxy groups -OCH3 is 1. The second-order valence-corrected chi connectivity index (χ2v) is 6.57. The number of imidazole rings is 1. The van der Waals surface area contributed by atoms with E-state index in [9.17, 15) is 4.79 Å². The van der Waals surface area contributed by atoms with Gasteiger partial charge in [-0.05, 0) is 11.1 Å². The van der Waals surface area contributed by atoms with Gasteiger partial charge in [0.2, 0.25) is 5.91 Å². The predicted molar refractivity (Wildman–Crippen MR) is 107 cm³/mol. The Labute approximate surface area is 166 Å². The highest BCUT2D eigenvalue weighted by Crippen LogP contribution is 2.19. The smallest absolute Gasteiger partial charge is 0.234 e. The van der Waals surface area contributed by atoms with Crippen molar-refractivity contribution in [3.05, 3.63) is 53.6 Å².